The van der Waals surface area contributed by atoms with E-state index in [9.17, 15) is 4.79 Å². The van der Waals surface area contributed by atoms with E-state index >= 15 is 0 Å². The Morgan fingerprint density at radius 2 is 1.52 bits per heavy atom. The molecule has 0 fully saturated rings. The molecule has 110 valence electrons. The van der Waals surface area contributed by atoms with Gasteiger partial charge >= 0.3 is 0 Å². The predicted octanol–water partition coefficient (Wildman–Crippen LogP) is 5.27. The van der Waals surface area contributed by atoms with Crippen LogP contribution in [0.5, 0.6) is 0 Å². The van der Waals surface area contributed by atoms with Gasteiger partial charge in [0, 0.05) is 10.5 Å². The number of ketones is 1. The van der Waals surface area contributed by atoms with Crippen LogP contribution in [0.4, 0.5) is 0 Å². The summed E-state index contributed by atoms with van der Waals surface area (Å²) in [6, 6.07) is 16.3. The van der Waals surface area contributed by atoms with Gasteiger partial charge in [0.1, 0.15) is 0 Å². The number of carbonyl (C=O) groups excluding carboxylic acids is 1. The lowest BCUT2D eigenvalue weighted by molar-refractivity contribution is 0.102. The van der Waals surface area contributed by atoms with Crippen molar-refractivity contribution in [3.8, 4) is 0 Å². The number of hydrogen-bond acceptors (Lipinski definition) is 2. The zero-order valence-electron chi connectivity index (χ0n) is 13.1. The largest absolute Gasteiger partial charge is 0.293 e. The number of hydrogen-bond donors (Lipinski definition) is 0. The fourth-order valence-electron chi connectivity index (χ4n) is 2.02. The van der Waals surface area contributed by atoms with Crippen molar-refractivity contribution in [2.45, 2.75) is 38.0 Å². The van der Waals surface area contributed by atoms with Crippen LogP contribution in [0.2, 0.25) is 0 Å². The van der Waals surface area contributed by atoms with Crippen molar-refractivity contribution in [3.63, 3.8) is 0 Å². The van der Waals surface area contributed by atoms with Gasteiger partial charge < -0.3 is 0 Å². The molecular formula is C19H22OS. The molecule has 2 rings (SSSR count). The standard InChI is InChI=1S/C19H22OS/c1-14-5-11-17(12-6-14)21-13-18(20)15-7-9-16(10-8-15)19(2,3)4/h5-12H,13H2,1-4H3. The molecule has 0 saturated heterocycles. The van der Waals surface area contributed by atoms with Crippen LogP contribution in [-0.2, 0) is 5.41 Å². The number of rotatable bonds is 4. The SMILES string of the molecule is Cc1ccc(SCC(=O)c2ccc(C(C)(C)C)cc2)cc1. The van der Waals surface area contributed by atoms with E-state index in [1.54, 1.807) is 11.8 Å². The lowest BCUT2D eigenvalue weighted by Gasteiger charge is -2.18. The van der Waals surface area contributed by atoms with E-state index in [4.69, 9.17) is 0 Å². The first-order valence-electron chi connectivity index (χ1n) is 7.19. The maximum Gasteiger partial charge on any atom is 0.173 e. The Hall–Kier alpha value is -1.54. The van der Waals surface area contributed by atoms with Crippen molar-refractivity contribution in [2.75, 3.05) is 5.75 Å². The topological polar surface area (TPSA) is 17.1 Å². The maximum absolute atomic E-state index is 12.2. The van der Waals surface area contributed by atoms with Crippen molar-refractivity contribution in [1.82, 2.24) is 0 Å². The minimum Gasteiger partial charge on any atom is -0.293 e. The van der Waals surface area contributed by atoms with Gasteiger partial charge in [-0.25, -0.2) is 0 Å². The highest BCUT2D eigenvalue weighted by molar-refractivity contribution is 8.00. The van der Waals surface area contributed by atoms with Gasteiger partial charge in [0.25, 0.3) is 0 Å². The molecule has 0 bridgehead atoms. The monoisotopic (exact) mass is 298 g/mol. The van der Waals surface area contributed by atoms with E-state index < -0.39 is 0 Å². The molecule has 0 saturated carbocycles. The van der Waals surface area contributed by atoms with Gasteiger partial charge in [-0.15, -0.1) is 11.8 Å². The van der Waals surface area contributed by atoms with Crippen LogP contribution < -0.4 is 0 Å². The molecule has 0 spiro atoms. The fourth-order valence-corrected chi connectivity index (χ4v) is 2.82. The molecule has 0 heterocycles. The minimum absolute atomic E-state index is 0.123. The third kappa shape index (κ3) is 4.47. The van der Waals surface area contributed by atoms with Crippen molar-refractivity contribution >= 4 is 17.5 Å². The predicted molar refractivity (Wildman–Crippen MR) is 91.4 cm³/mol. The highest BCUT2D eigenvalue weighted by Crippen LogP contribution is 2.23. The summed E-state index contributed by atoms with van der Waals surface area (Å²) >= 11 is 1.59. The number of carbonyl (C=O) groups is 1. The summed E-state index contributed by atoms with van der Waals surface area (Å²) in [5, 5.41) is 0. The quantitative estimate of drug-likeness (QED) is 0.565. The molecule has 0 aliphatic carbocycles. The second-order valence-electron chi connectivity index (χ2n) is 6.35. The smallest absolute Gasteiger partial charge is 0.173 e. The molecule has 0 unspecified atom stereocenters. The summed E-state index contributed by atoms with van der Waals surface area (Å²) in [6.07, 6.45) is 0. The first-order chi connectivity index (χ1) is 9.86. The van der Waals surface area contributed by atoms with Crippen molar-refractivity contribution < 1.29 is 4.79 Å². The van der Waals surface area contributed by atoms with E-state index in [0.717, 1.165) is 10.5 Å². The molecule has 2 aromatic rings. The van der Waals surface area contributed by atoms with E-state index in [0.29, 0.717) is 5.75 Å². The minimum atomic E-state index is 0.123. The molecule has 0 aliphatic rings. The zero-order valence-corrected chi connectivity index (χ0v) is 14.0. The van der Waals surface area contributed by atoms with Crippen LogP contribution >= 0.6 is 11.8 Å². The van der Waals surface area contributed by atoms with Crippen LogP contribution in [0.25, 0.3) is 0 Å². The van der Waals surface area contributed by atoms with Crippen LogP contribution in [-0.4, -0.2) is 11.5 Å². The lowest BCUT2D eigenvalue weighted by atomic mass is 9.86. The first kappa shape index (κ1) is 15.8. The lowest BCUT2D eigenvalue weighted by Crippen LogP contribution is -2.11. The van der Waals surface area contributed by atoms with Crippen molar-refractivity contribution in [3.05, 3.63) is 65.2 Å². The van der Waals surface area contributed by atoms with Crippen LogP contribution in [0.3, 0.4) is 0 Å². The van der Waals surface area contributed by atoms with E-state index in [1.165, 1.54) is 11.1 Å². The molecule has 0 radical (unpaired) electrons. The molecule has 0 N–H and O–H groups in total. The number of aryl methyl sites for hydroxylation is 1. The van der Waals surface area contributed by atoms with E-state index in [-0.39, 0.29) is 11.2 Å². The van der Waals surface area contributed by atoms with Gasteiger partial charge in [-0.1, -0.05) is 62.7 Å². The number of benzene rings is 2. The van der Waals surface area contributed by atoms with Gasteiger partial charge in [-0.3, -0.25) is 4.79 Å². The van der Waals surface area contributed by atoms with E-state index in [2.05, 4.69) is 64.1 Å². The summed E-state index contributed by atoms with van der Waals surface area (Å²) < 4.78 is 0. The first-order valence-corrected chi connectivity index (χ1v) is 8.18. The van der Waals surface area contributed by atoms with Gasteiger partial charge in [0.2, 0.25) is 0 Å². The number of Topliss-reactive ketones (excluding diaryl/α,β-unsaturated/α-hetero) is 1. The highest BCUT2D eigenvalue weighted by atomic mass is 32.2. The third-order valence-electron chi connectivity index (χ3n) is 3.46. The second-order valence-corrected chi connectivity index (χ2v) is 7.40. The molecule has 2 aromatic carbocycles. The summed E-state index contributed by atoms with van der Waals surface area (Å²) in [5.74, 6) is 0.666. The Morgan fingerprint density at radius 3 is 2.05 bits per heavy atom. The molecule has 0 aliphatic heterocycles. The Kier molecular flexibility index (Phi) is 4.89. The molecular weight excluding hydrogens is 276 g/mol. The molecule has 0 amide bonds. The van der Waals surface area contributed by atoms with Crippen LogP contribution in [0, 0.1) is 6.92 Å². The summed E-state index contributed by atoms with van der Waals surface area (Å²) in [6.45, 7) is 8.60. The Balaban J connectivity index is 1.99. The van der Waals surface area contributed by atoms with Crippen LogP contribution in [0.15, 0.2) is 53.4 Å². The van der Waals surface area contributed by atoms with E-state index in [1.807, 2.05) is 12.1 Å². The zero-order chi connectivity index (χ0) is 15.5. The third-order valence-corrected chi connectivity index (χ3v) is 4.48. The molecule has 1 nitrogen and oxygen atoms in total. The Labute approximate surface area is 131 Å². The second kappa shape index (κ2) is 6.48. The number of thioether (sulfide) groups is 1. The Bertz CT molecular complexity index is 604. The maximum atomic E-state index is 12.2. The summed E-state index contributed by atoms with van der Waals surface area (Å²) in [4.78, 5) is 13.4. The average molecular weight is 298 g/mol. The summed E-state index contributed by atoms with van der Waals surface area (Å²) in [7, 11) is 0. The molecule has 2 heteroatoms. The van der Waals surface area contributed by atoms with Gasteiger partial charge in [-0.05, 0) is 30.0 Å². The molecule has 21 heavy (non-hydrogen) atoms. The molecule has 0 atom stereocenters. The summed E-state index contributed by atoms with van der Waals surface area (Å²) in [5.41, 5.74) is 3.41. The Morgan fingerprint density at radius 1 is 0.952 bits per heavy atom. The van der Waals surface area contributed by atoms with Crippen LogP contribution in [0.1, 0.15) is 42.3 Å². The normalized spacial score (nSPS) is 11.4. The fraction of sp³-hybridized carbons (Fsp3) is 0.316. The van der Waals surface area contributed by atoms with Crippen molar-refractivity contribution in [1.29, 1.82) is 0 Å². The van der Waals surface area contributed by atoms with Gasteiger partial charge in [0.05, 0.1) is 5.75 Å². The van der Waals surface area contributed by atoms with Crippen molar-refractivity contribution in [2.24, 2.45) is 0 Å². The van der Waals surface area contributed by atoms with Gasteiger partial charge in [0.15, 0.2) is 5.78 Å². The van der Waals surface area contributed by atoms with Gasteiger partial charge in [-0.2, -0.15) is 0 Å². The molecule has 0 aromatic heterocycles. The average Bonchev–Trinajstić information content (AvgIpc) is 2.45. The highest BCUT2D eigenvalue weighted by Gasteiger charge is 2.14.